The molecular weight excluding hydrogens is 298 g/mol. The summed E-state index contributed by atoms with van der Waals surface area (Å²) >= 11 is 6.09. The van der Waals surface area contributed by atoms with Crippen molar-refractivity contribution in [2.45, 2.75) is 19.7 Å². The number of amides is 1. The first-order valence-corrected chi connectivity index (χ1v) is 7.44. The van der Waals surface area contributed by atoms with Gasteiger partial charge in [-0.3, -0.25) is 4.90 Å². The largest absolute Gasteiger partial charge is 0.445 e. The summed E-state index contributed by atoms with van der Waals surface area (Å²) in [5.74, 6) is 0. The fourth-order valence-electron chi connectivity index (χ4n) is 2.62. The van der Waals surface area contributed by atoms with Crippen LogP contribution in [-0.4, -0.2) is 11.0 Å². The van der Waals surface area contributed by atoms with Gasteiger partial charge in [0.2, 0.25) is 0 Å². The van der Waals surface area contributed by atoms with E-state index in [0.717, 1.165) is 22.3 Å². The van der Waals surface area contributed by atoms with Gasteiger partial charge in [-0.25, -0.2) is 4.79 Å². The first-order valence-electron chi connectivity index (χ1n) is 7.06. The van der Waals surface area contributed by atoms with Crippen LogP contribution in [0, 0.1) is 0 Å². The van der Waals surface area contributed by atoms with E-state index in [-0.39, 0.29) is 12.7 Å². The number of fused-ring (bicyclic) bond motifs is 1. The molecule has 0 aliphatic carbocycles. The van der Waals surface area contributed by atoms with E-state index in [1.165, 1.54) is 0 Å². The normalized spacial score (nSPS) is 12.9. The predicted octanol–water partition coefficient (Wildman–Crippen LogP) is 4.64. The van der Waals surface area contributed by atoms with Crippen molar-refractivity contribution in [1.29, 1.82) is 0 Å². The summed E-state index contributed by atoms with van der Waals surface area (Å²) in [5, 5.41) is 0.660. The highest BCUT2D eigenvalue weighted by molar-refractivity contribution is 6.30. The first-order chi connectivity index (χ1) is 10.7. The number of carbonyl (C=O) groups is 1. The molecule has 0 N–H and O–H groups in total. The molecule has 112 valence electrons. The highest BCUT2D eigenvalue weighted by Crippen LogP contribution is 2.30. The number of halogens is 1. The lowest BCUT2D eigenvalue weighted by Crippen LogP contribution is -2.26. The van der Waals surface area contributed by atoms with E-state index in [1.807, 2.05) is 42.5 Å². The van der Waals surface area contributed by atoms with Crippen LogP contribution in [0.25, 0.3) is 6.08 Å². The summed E-state index contributed by atoms with van der Waals surface area (Å²) < 4.78 is 5.38. The van der Waals surface area contributed by atoms with Crippen LogP contribution in [0.2, 0.25) is 5.02 Å². The molecule has 0 saturated heterocycles. The van der Waals surface area contributed by atoms with Crippen LogP contribution < -0.4 is 0 Å². The van der Waals surface area contributed by atoms with Crippen LogP contribution in [0.15, 0.2) is 49.0 Å². The summed E-state index contributed by atoms with van der Waals surface area (Å²) in [4.78, 5) is 13.9. The fraction of sp³-hybridized carbons (Fsp3) is 0.167. The summed E-state index contributed by atoms with van der Waals surface area (Å²) in [6.07, 6.45) is 1.45. The smallest absolute Gasteiger partial charge is 0.410 e. The Morgan fingerprint density at radius 3 is 2.77 bits per heavy atom. The lowest BCUT2D eigenvalue weighted by Gasteiger charge is -2.15. The van der Waals surface area contributed by atoms with Gasteiger partial charge in [0.05, 0.1) is 6.54 Å². The first kappa shape index (κ1) is 14.7. The number of carbonyl (C=O) groups excluding carboxylic acids is 1. The van der Waals surface area contributed by atoms with Gasteiger partial charge in [-0.15, -0.1) is 0 Å². The van der Waals surface area contributed by atoms with Crippen LogP contribution in [0.3, 0.4) is 0 Å². The van der Waals surface area contributed by atoms with Crippen LogP contribution >= 0.6 is 11.6 Å². The molecule has 0 fully saturated rings. The van der Waals surface area contributed by atoms with E-state index in [0.29, 0.717) is 18.1 Å². The van der Waals surface area contributed by atoms with E-state index in [9.17, 15) is 4.79 Å². The summed E-state index contributed by atoms with van der Waals surface area (Å²) in [7, 11) is 0. The van der Waals surface area contributed by atoms with Crippen LogP contribution in [0.1, 0.15) is 22.3 Å². The molecule has 1 aliphatic rings. The number of rotatable bonds is 3. The second kappa shape index (κ2) is 6.24. The van der Waals surface area contributed by atoms with Crippen molar-refractivity contribution in [2.24, 2.45) is 0 Å². The van der Waals surface area contributed by atoms with Gasteiger partial charge < -0.3 is 4.74 Å². The number of benzene rings is 2. The van der Waals surface area contributed by atoms with Crippen molar-refractivity contribution in [3.05, 3.63) is 76.3 Å². The molecule has 1 aliphatic heterocycles. The molecule has 0 saturated carbocycles. The average Bonchev–Trinajstić information content (AvgIpc) is 2.96. The highest BCUT2D eigenvalue weighted by Gasteiger charge is 2.26. The Morgan fingerprint density at radius 2 is 2.05 bits per heavy atom. The molecular formula is C18H16ClNO2. The van der Waals surface area contributed by atoms with Crippen LogP contribution in [0.5, 0.6) is 0 Å². The van der Waals surface area contributed by atoms with Gasteiger partial charge in [-0.2, -0.15) is 0 Å². The van der Waals surface area contributed by atoms with E-state index in [2.05, 4.69) is 6.58 Å². The molecule has 0 unspecified atom stereocenters. The molecule has 1 amide bonds. The molecule has 2 aromatic carbocycles. The van der Waals surface area contributed by atoms with E-state index in [4.69, 9.17) is 16.3 Å². The third kappa shape index (κ3) is 3.00. The molecule has 0 spiro atoms. The van der Waals surface area contributed by atoms with E-state index < -0.39 is 0 Å². The van der Waals surface area contributed by atoms with Crippen molar-refractivity contribution in [2.75, 3.05) is 0 Å². The number of nitrogens with zero attached hydrogens (tertiary/aromatic N) is 1. The monoisotopic (exact) mass is 313 g/mol. The Kier molecular flexibility index (Phi) is 4.16. The highest BCUT2D eigenvalue weighted by atomic mass is 35.5. The Bertz CT molecular complexity index is 713. The van der Waals surface area contributed by atoms with Crippen LogP contribution in [-0.2, 0) is 24.4 Å². The lowest BCUT2D eigenvalue weighted by molar-refractivity contribution is 0.0955. The molecule has 2 aromatic rings. The second-order valence-electron chi connectivity index (χ2n) is 5.23. The zero-order chi connectivity index (χ0) is 15.5. The fourth-order valence-corrected chi connectivity index (χ4v) is 2.87. The number of hydrogen-bond acceptors (Lipinski definition) is 2. The van der Waals surface area contributed by atoms with Crippen molar-refractivity contribution >= 4 is 23.8 Å². The standard InChI is InChI=1S/C18H16ClNO2/c1-2-14-8-16(19)9-15-10-20(11-17(14)15)18(21)22-12-13-6-4-3-5-7-13/h2-9H,1,10-12H2. The lowest BCUT2D eigenvalue weighted by atomic mass is 10.0. The van der Waals surface area contributed by atoms with Crippen molar-refractivity contribution in [3.8, 4) is 0 Å². The minimum absolute atomic E-state index is 0.279. The third-order valence-electron chi connectivity index (χ3n) is 3.74. The Balaban J connectivity index is 1.68. The van der Waals surface area contributed by atoms with Gasteiger partial charge in [0.1, 0.15) is 6.61 Å². The zero-order valence-electron chi connectivity index (χ0n) is 12.1. The second-order valence-corrected chi connectivity index (χ2v) is 5.67. The van der Waals surface area contributed by atoms with Gasteiger partial charge in [-0.1, -0.05) is 54.6 Å². The maximum Gasteiger partial charge on any atom is 0.410 e. The molecule has 22 heavy (non-hydrogen) atoms. The Morgan fingerprint density at radius 1 is 1.27 bits per heavy atom. The van der Waals surface area contributed by atoms with Gasteiger partial charge in [0, 0.05) is 11.6 Å². The summed E-state index contributed by atoms with van der Waals surface area (Å²) in [6, 6.07) is 13.4. The predicted molar refractivity (Wildman–Crippen MR) is 87.4 cm³/mol. The number of hydrogen-bond donors (Lipinski definition) is 0. The van der Waals surface area contributed by atoms with Crippen molar-refractivity contribution < 1.29 is 9.53 Å². The maximum absolute atomic E-state index is 12.2. The van der Waals surface area contributed by atoms with Crippen molar-refractivity contribution in [1.82, 2.24) is 4.90 Å². The van der Waals surface area contributed by atoms with Gasteiger partial charge >= 0.3 is 6.09 Å². The molecule has 0 atom stereocenters. The van der Waals surface area contributed by atoms with E-state index >= 15 is 0 Å². The topological polar surface area (TPSA) is 29.5 Å². The molecule has 3 rings (SSSR count). The average molecular weight is 314 g/mol. The van der Waals surface area contributed by atoms with Gasteiger partial charge in [-0.05, 0) is 34.4 Å². The zero-order valence-corrected chi connectivity index (χ0v) is 12.8. The van der Waals surface area contributed by atoms with Gasteiger partial charge in [0.25, 0.3) is 0 Å². The minimum Gasteiger partial charge on any atom is -0.445 e. The number of ether oxygens (including phenoxy) is 1. The molecule has 3 nitrogen and oxygen atoms in total. The molecule has 0 radical (unpaired) electrons. The van der Waals surface area contributed by atoms with E-state index in [1.54, 1.807) is 11.0 Å². The quantitative estimate of drug-likeness (QED) is 0.826. The van der Waals surface area contributed by atoms with Gasteiger partial charge in [0.15, 0.2) is 0 Å². The Labute approximate surface area is 134 Å². The molecule has 0 aromatic heterocycles. The molecule has 4 heteroatoms. The van der Waals surface area contributed by atoms with Crippen molar-refractivity contribution in [3.63, 3.8) is 0 Å². The maximum atomic E-state index is 12.2. The molecule has 1 heterocycles. The van der Waals surface area contributed by atoms with Crippen LogP contribution in [0.4, 0.5) is 4.79 Å². The summed E-state index contributed by atoms with van der Waals surface area (Å²) in [5.41, 5.74) is 4.10. The molecule has 0 bridgehead atoms. The Hall–Kier alpha value is -2.26. The summed E-state index contributed by atoms with van der Waals surface area (Å²) in [6.45, 7) is 5.13. The minimum atomic E-state index is -0.314. The third-order valence-corrected chi connectivity index (χ3v) is 3.95. The SMILES string of the molecule is C=Cc1cc(Cl)cc2c1CN(C(=O)OCc1ccccc1)C2.